The van der Waals surface area contributed by atoms with Gasteiger partial charge in [0.2, 0.25) is 5.90 Å². The Morgan fingerprint density at radius 2 is 1.90 bits per heavy atom. The van der Waals surface area contributed by atoms with Crippen molar-refractivity contribution in [2.75, 3.05) is 7.11 Å². The minimum absolute atomic E-state index is 0.185. The number of aliphatic imine (C=N–C) groups is 1. The molecule has 2 aromatic carbocycles. The van der Waals surface area contributed by atoms with Crippen molar-refractivity contribution in [1.29, 1.82) is 0 Å². The SMILES string of the molecule is COc1cc(C=C2N=C(c3cccs3)OC2=O)ccc1OC(=O)c1ccccc1. The third kappa shape index (κ3) is 4.09. The Hall–Kier alpha value is -3.71. The molecule has 0 N–H and O–H groups in total. The monoisotopic (exact) mass is 405 g/mol. The average molecular weight is 405 g/mol. The molecule has 1 aromatic heterocycles. The van der Waals surface area contributed by atoms with E-state index < -0.39 is 11.9 Å². The molecule has 6 nitrogen and oxygen atoms in total. The van der Waals surface area contributed by atoms with Crippen molar-refractivity contribution < 1.29 is 23.8 Å². The molecule has 0 radical (unpaired) electrons. The second kappa shape index (κ2) is 8.12. The number of thiophene rings is 1. The number of methoxy groups -OCH3 is 1. The third-order valence-corrected chi connectivity index (χ3v) is 4.91. The number of cyclic esters (lactones) is 1. The van der Waals surface area contributed by atoms with Crippen molar-refractivity contribution in [3.63, 3.8) is 0 Å². The normalized spacial score (nSPS) is 14.4. The summed E-state index contributed by atoms with van der Waals surface area (Å²) >= 11 is 1.44. The molecule has 4 rings (SSSR count). The molecular weight excluding hydrogens is 390 g/mol. The maximum absolute atomic E-state index is 12.3. The van der Waals surface area contributed by atoms with Gasteiger partial charge in [-0.05, 0) is 47.4 Å². The fraction of sp³-hybridized carbons (Fsp3) is 0.0455. The number of benzene rings is 2. The molecule has 0 spiro atoms. The zero-order valence-electron chi connectivity index (χ0n) is 15.3. The molecule has 29 heavy (non-hydrogen) atoms. The summed E-state index contributed by atoms with van der Waals surface area (Å²) in [5.41, 5.74) is 1.28. The van der Waals surface area contributed by atoms with E-state index in [1.165, 1.54) is 18.4 Å². The Labute approximate surface area is 170 Å². The van der Waals surface area contributed by atoms with Crippen molar-refractivity contribution in [3.05, 3.63) is 87.7 Å². The van der Waals surface area contributed by atoms with Gasteiger partial charge >= 0.3 is 11.9 Å². The minimum Gasteiger partial charge on any atom is -0.493 e. The van der Waals surface area contributed by atoms with Gasteiger partial charge in [-0.3, -0.25) is 0 Å². The molecule has 0 amide bonds. The van der Waals surface area contributed by atoms with Crippen LogP contribution in [-0.4, -0.2) is 24.9 Å². The quantitative estimate of drug-likeness (QED) is 0.359. The summed E-state index contributed by atoms with van der Waals surface area (Å²) in [6.45, 7) is 0. The average Bonchev–Trinajstić information content (AvgIpc) is 3.40. The molecular formula is C22H15NO5S. The van der Waals surface area contributed by atoms with Crippen LogP contribution in [0.25, 0.3) is 6.08 Å². The highest BCUT2D eigenvalue weighted by Gasteiger charge is 2.25. The first-order chi connectivity index (χ1) is 14.1. The van der Waals surface area contributed by atoms with Crippen LogP contribution >= 0.6 is 11.3 Å². The van der Waals surface area contributed by atoms with Gasteiger partial charge in [-0.15, -0.1) is 11.3 Å². The van der Waals surface area contributed by atoms with Crippen molar-refractivity contribution in [2.45, 2.75) is 0 Å². The molecule has 1 aliphatic rings. The van der Waals surface area contributed by atoms with Gasteiger partial charge in [-0.2, -0.15) is 0 Å². The van der Waals surface area contributed by atoms with Gasteiger partial charge in [0.15, 0.2) is 17.2 Å². The molecule has 0 unspecified atom stereocenters. The lowest BCUT2D eigenvalue weighted by atomic mass is 10.1. The fourth-order valence-corrected chi connectivity index (χ4v) is 3.31. The summed E-state index contributed by atoms with van der Waals surface area (Å²) < 4.78 is 16.0. The molecule has 2 heterocycles. The van der Waals surface area contributed by atoms with E-state index in [0.717, 1.165) is 4.88 Å². The Bertz CT molecular complexity index is 1120. The smallest absolute Gasteiger partial charge is 0.363 e. The standard InChI is InChI=1S/C22H15NO5S/c1-26-18-13-14(9-10-17(18)27-21(24)15-6-3-2-4-7-15)12-16-22(25)28-20(23-16)19-8-5-11-29-19/h2-13H,1H3. The number of esters is 2. The van der Waals surface area contributed by atoms with Gasteiger partial charge in [-0.25, -0.2) is 14.6 Å². The number of hydrogen-bond acceptors (Lipinski definition) is 7. The van der Waals surface area contributed by atoms with E-state index in [1.807, 2.05) is 23.6 Å². The summed E-state index contributed by atoms with van der Waals surface area (Å²) in [6.07, 6.45) is 1.59. The first-order valence-electron chi connectivity index (χ1n) is 8.66. The van der Waals surface area contributed by atoms with Crippen LogP contribution in [0.4, 0.5) is 0 Å². The lowest BCUT2D eigenvalue weighted by Crippen LogP contribution is -2.09. The third-order valence-electron chi connectivity index (χ3n) is 4.06. The number of rotatable bonds is 5. The lowest BCUT2D eigenvalue weighted by molar-refractivity contribution is -0.129. The first-order valence-corrected chi connectivity index (χ1v) is 9.54. The molecule has 0 saturated heterocycles. The van der Waals surface area contributed by atoms with E-state index in [9.17, 15) is 9.59 Å². The topological polar surface area (TPSA) is 74.2 Å². The van der Waals surface area contributed by atoms with Gasteiger partial charge in [-0.1, -0.05) is 30.3 Å². The maximum atomic E-state index is 12.3. The van der Waals surface area contributed by atoms with E-state index >= 15 is 0 Å². The number of ether oxygens (including phenoxy) is 3. The first kappa shape index (κ1) is 18.6. The number of nitrogens with zero attached hydrogens (tertiary/aromatic N) is 1. The van der Waals surface area contributed by atoms with Crippen LogP contribution in [0.5, 0.6) is 11.5 Å². The predicted octanol–water partition coefficient (Wildman–Crippen LogP) is 4.32. The molecule has 3 aromatic rings. The Morgan fingerprint density at radius 3 is 2.62 bits per heavy atom. The zero-order chi connectivity index (χ0) is 20.2. The van der Waals surface area contributed by atoms with Crippen LogP contribution in [-0.2, 0) is 9.53 Å². The summed E-state index contributed by atoms with van der Waals surface area (Å²) in [5.74, 6) is -0.0825. The second-order valence-electron chi connectivity index (χ2n) is 5.98. The number of carbonyl (C=O) groups excluding carboxylic acids is 2. The van der Waals surface area contributed by atoms with Gasteiger partial charge in [0.05, 0.1) is 17.6 Å². The molecule has 0 bridgehead atoms. The predicted molar refractivity (Wildman–Crippen MR) is 109 cm³/mol. The zero-order valence-corrected chi connectivity index (χ0v) is 16.1. The second-order valence-corrected chi connectivity index (χ2v) is 6.93. The van der Waals surface area contributed by atoms with Gasteiger partial charge in [0, 0.05) is 0 Å². The Balaban J connectivity index is 1.57. The highest BCUT2D eigenvalue weighted by Crippen LogP contribution is 2.30. The molecule has 0 aliphatic carbocycles. The molecule has 0 fully saturated rings. The molecule has 1 aliphatic heterocycles. The van der Waals surface area contributed by atoms with Gasteiger partial charge in [0.1, 0.15) is 0 Å². The summed E-state index contributed by atoms with van der Waals surface area (Å²) in [6, 6.07) is 17.3. The van der Waals surface area contributed by atoms with Crippen LogP contribution in [0.3, 0.4) is 0 Å². The summed E-state index contributed by atoms with van der Waals surface area (Å²) in [5, 5.41) is 1.88. The van der Waals surface area contributed by atoms with Crippen molar-refractivity contribution in [2.24, 2.45) is 4.99 Å². The van der Waals surface area contributed by atoms with Crippen LogP contribution in [0.15, 0.2) is 76.7 Å². The van der Waals surface area contributed by atoms with Gasteiger partial charge < -0.3 is 14.2 Å². The maximum Gasteiger partial charge on any atom is 0.363 e. The Kier molecular flexibility index (Phi) is 5.22. The Morgan fingerprint density at radius 1 is 1.07 bits per heavy atom. The van der Waals surface area contributed by atoms with Crippen molar-refractivity contribution >= 4 is 35.2 Å². The molecule has 0 saturated carbocycles. The van der Waals surface area contributed by atoms with Crippen molar-refractivity contribution in [1.82, 2.24) is 0 Å². The summed E-state index contributed by atoms with van der Waals surface area (Å²) in [4.78, 5) is 29.4. The molecule has 144 valence electrons. The largest absolute Gasteiger partial charge is 0.493 e. The van der Waals surface area contributed by atoms with Crippen molar-refractivity contribution in [3.8, 4) is 11.5 Å². The molecule has 0 atom stereocenters. The number of carbonyl (C=O) groups is 2. The molecule has 7 heteroatoms. The lowest BCUT2D eigenvalue weighted by Gasteiger charge is -2.10. The highest BCUT2D eigenvalue weighted by molar-refractivity contribution is 7.12. The van der Waals surface area contributed by atoms with E-state index in [2.05, 4.69) is 4.99 Å². The van der Waals surface area contributed by atoms with Crippen LogP contribution in [0.2, 0.25) is 0 Å². The highest BCUT2D eigenvalue weighted by atomic mass is 32.1. The van der Waals surface area contributed by atoms with E-state index in [4.69, 9.17) is 14.2 Å². The van der Waals surface area contributed by atoms with E-state index in [0.29, 0.717) is 16.9 Å². The summed E-state index contributed by atoms with van der Waals surface area (Å²) in [7, 11) is 1.48. The van der Waals surface area contributed by atoms with Gasteiger partial charge in [0.25, 0.3) is 0 Å². The van der Waals surface area contributed by atoms with E-state index in [-0.39, 0.29) is 17.3 Å². The number of hydrogen-bond donors (Lipinski definition) is 0. The fourth-order valence-electron chi connectivity index (χ4n) is 2.66. The van der Waals surface area contributed by atoms with Crippen LogP contribution in [0.1, 0.15) is 20.8 Å². The van der Waals surface area contributed by atoms with Crippen LogP contribution < -0.4 is 9.47 Å². The minimum atomic E-state index is -0.521. The van der Waals surface area contributed by atoms with E-state index in [1.54, 1.807) is 48.5 Å². The van der Waals surface area contributed by atoms with Crippen LogP contribution in [0, 0.1) is 0 Å².